The van der Waals surface area contributed by atoms with Crippen molar-refractivity contribution < 1.29 is 9.53 Å². The fourth-order valence-electron chi connectivity index (χ4n) is 1.88. The molecule has 0 fully saturated rings. The van der Waals surface area contributed by atoms with E-state index in [0.29, 0.717) is 22.9 Å². The summed E-state index contributed by atoms with van der Waals surface area (Å²) in [6.45, 7) is 0.566. The summed E-state index contributed by atoms with van der Waals surface area (Å²) in [5.74, 6) is 0.568. The lowest BCUT2D eigenvalue weighted by atomic mass is 10.1. The number of rotatable bonds is 5. The van der Waals surface area contributed by atoms with Gasteiger partial charge in [-0.05, 0) is 42.3 Å². The molecule has 1 amide bonds. The third-order valence-corrected chi connectivity index (χ3v) is 3.16. The van der Waals surface area contributed by atoms with Crippen LogP contribution in [0.4, 0.5) is 0 Å². The molecular weight excluding hydrogens is 274 g/mol. The number of carbonyl (C=O) groups excluding carboxylic acids is 1. The molecule has 0 aliphatic heterocycles. The van der Waals surface area contributed by atoms with Gasteiger partial charge in [0.05, 0.1) is 7.11 Å². The van der Waals surface area contributed by atoms with Crippen LogP contribution in [0.5, 0.6) is 5.75 Å². The lowest BCUT2D eigenvalue weighted by molar-refractivity contribution is 0.0954. The molecule has 0 unspecified atom stereocenters. The second kappa shape index (κ2) is 6.96. The molecule has 0 spiro atoms. The summed E-state index contributed by atoms with van der Waals surface area (Å²) in [5.41, 5.74) is 1.69. The van der Waals surface area contributed by atoms with E-state index in [1.54, 1.807) is 25.3 Å². The Labute approximate surface area is 123 Å². The van der Waals surface area contributed by atoms with Gasteiger partial charge in [-0.3, -0.25) is 4.79 Å². The molecule has 0 heterocycles. The normalized spacial score (nSPS) is 10.1. The van der Waals surface area contributed by atoms with Gasteiger partial charge in [0.25, 0.3) is 5.91 Å². The monoisotopic (exact) mass is 289 g/mol. The number of hydrogen-bond donors (Lipinski definition) is 1. The van der Waals surface area contributed by atoms with Crippen molar-refractivity contribution >= 4 is 17.5 Å². The Bertz CT molecular complexity index is 599. The number of carbonyl (C=O) groups is 1. The molecule has 104 valence electrons. The van der Waals surface area contributed by atoms with E-state index in [4.69, 9.17) is 16.3 Å². The van der Waals surface area contributed by atoms with Crippen LogP contribution in [0.2, 0.25) is 5.02 Å². The highest BCUT2D eigenvalue weighted by Crippen LogP contribution is 2.13. The van der Waals surface area contributed by atoms with Gasteiger partial charge in [0.15, 0.2) is 0 Å². The molecule has 2 rings (SSSR count). The van der Waals surface area contributed by atoms with Crippen molar-refractivity contribution in [1.29, 1.82) is 0 Å². The summed E-state index contributed by atoms with van der Waals surface area (Å²) in [6, 6.07) is 14.7. The summed E-state index contributed by atoms with van der Waals surface area (Å²) < 4.78 is 5.10. The van der Waals surface area contributed by atoms with E-state index >= 15 is 0 Å². The Hall–Kier alpha value is -2.00. The molecule has 0 bridgehead atoms. The molecule has 0 radical (unpaired) electrons. The van der Waals surface area contributed by atoms with Gasteiger partial charge < -0.3 is 10.1 Å². The molecule has 0 aromatic heterocycles. The largest absolute Gasteiger partial charge is 0.497 e. The number of ether oxygens (including phenoxy) is 1. The maximum Gasteiger partial charge on any atom is 0.251 e. The lowest BCUT2D eigenvalue weighted by Crippen LogP contribution is -2.25. The third-order valence-electron chi connectivity index (χ3n) is 2.92. The Balaban J connectivity index is 1.89. The van der Waals surface area contributed by atoms with Crippen LogP contribution in [0, 0.1) is 0 Å². The van der Waals surface area contributed by atoms with E-state index in [1.165, 1.54) is 0 Å². The summed E-state index contributed by atoms with van der Waals surface area (Å²) in [4.78, 5) is 12.0. The van der Waals surface area contributed by atoms with E-state index in [2.05, 4.69) is 5.32 Å². The Kier molecular flexibility index (Phi) is 5.02. The van der Waals surface area contributed by atoms with Gasteiger partial charge in [0.2, 0.25) is 0 Å². The first-order chi connectivity index (χ1) is 9.69. The summed E-state index contributed by atoms with van der Waals surface area (Å²) >= 11 is 5.91. The molecule has 4 heteroatoms. The molecule has 0 saturated carbocycles. The van der Waals surface area contributed by atoms with Crippen LogP contribution in [-0.2, 0) is 6.42 Å². The van der Waals surface area contributed by atoms with Crippen molar-refractivity contribution in [2.45, 2.75) is 6.42 Å². The van der Waals surface area contributed by atoms with E-state index in [9.17, 15) is 4.79 Å². The van der Waals surface area contributed by atoms with Crippen molar-refractivity contribution in [1.82, 2.24) is 5.32 Å². The predicted molar refractivity (Wildman–Crippen MR) is 80.5 cm³/mol. The van der Waals surface area contributed by atoms with Crippen LogP contribution >= 0.6 is 11.6 Å². The van der Waals surface area contributed by atoms with Crippen LogP contribution in [0.1, 0.15) is 15.9 Å². The van der Waals surface area contributed by atoms with Gasteiger partial charge in [0, 0.05) is 17.1 Å². The SMILES string of the molecule is COc1cccc(C(=O)NCCc2cccc(Cl)c2)c1. The Morgan fingerprint density at radius 3 is 2.75 bits per heavy atom. The highest BCUT2D eigenvalue weighted by atomic mass is 35.5. The maximum absolute atomic E-state index is 12.0. The molecule has 0 atom stereocenters. The van der Waals surface area contributed by atoms with Crippen LogP contribution in [0.15, 0.2) is 48.5 Å². The van der Waals surface area contributed by atoms with Crippen LogP contribution in [-0.4, -0.2) is 19.6 Å². The minimum absolute atomic E-state index is 0.106. The number of hydrogen-bond acceptors (Lipinski definition) is 2. The van der Waals surface area contributed by atoms with E-state index < -0.39 is 0 Å². The third kappa shape index (κ3) is 4.00. The number of amides is 1. The molecule has 2 aromatic rings. The van der Waals surface area contributed by atoms with E-state index in [-0.39, 0.29) is 5.91 Å². The highest BCUT2D eigenvalue weighted by Gasteiger charge is 2.05. The quantitative estimate of drug-likeness (QED) is 0.917. The number of benzene rings is 2. The summed E-state index contributed by atoms with van der Waals surface area (Å²) in [5, 5.41) is 3.59. The van der Waals surface area contributed by atoms with Crippen molar-refractivity contribution in [3.63, 3.8) is 0 Å². The number of halogens is 1. The van der Waals surface area contributed by atoms with Crippen molar-refractivity contribution in [3.05, 3.63) is 64.7 Å². The highest BCUT2D eigenvalue weighted by molar-refractivity contribution is 6.30. The summed E-state index contributed by atoms with van der Waals surface area (Å²) in [7, 11) is 1.58. The molecule has 2 aromatic carbocycles. The molecule has 0 aliphatic rings. The second-order valence-electron chi connectivity index (χ2n) is 4.37. The van der Waals surface area contributed by atoms with Gasteiger partial charge in [-0.2, -0.15) is 0 Å². The molecule has 20 heavy (non-hydrogen) atoms. The number of methoxy groups -OCH3 is 1. The van der Waals surface area contributed by atoms with Crippen LogP contribution in [0.3, 0.4) is 0 Å². The Morgan fingerprint density at radius 1 is 1.20 bits per heavy atom. The average molecular weight is 290 g/mol. The van der Waals surface area contributed by atoms with Gasteiger partial charge in [-0.15, -0.1) is 0 Å². The van der Waals surface area contributed by atoms with Crippen molar-refractivity contribution in [2.24, 2.45) is 0 Å². The second-order valence-corrected chi connectivity index (χ2v) is 4.80. The lowest BCUT2D eigenvalue weighted by Gasteiger charge is -2.07. The van der Waals surface area contributed by atoms with Gasteiger partial charge >= 0.3 is 0 Å². The molecule has 3 nitrogen and oxygen atoms in total. The van der Waals surface area contributed by atoms with Gasteiger partial charge in [-0.1, -0.05) is 29.8 Å². The first kappa shape index (κ1) is 14.4. The molecule has 0 saturated heterocycles. The van der Waals surface area contributed by atoms with Gasteiger partial charge in [0.1, 0.15) is 5.75 Å². The van der Waals surface area contributed by atoms with Crippen molar-refractivity contribution in [3.8, 4) is 5.75 Å². The van der Waals surface area contributed by atoms with Gasteiger partial charge in [-0.25, -0.2) is 0 Å². The maximum atomic E-state index is 12.0. The number of nitrogens with one attached hydrogen (secondary N) is 1. The zero-order valence-electron chi connectivity index (χ0n) is 11.2. The first-order valence-electron chi connectivity index (χ1n) is 6.36. The predicted octanol–water partition coefficient (Wildman–Crippen LogP) is 3.32. The smallest absolute Gasteiger partial charge is 0.251 e. The summed E-state index contributed by atoms with van der Waals surface area (Å²) in [6.07, 6.45) is 0.746. The zero-order chi connectivity index (χ0) is 14.4. The Morgan fingerprint density at radius 2 is 2.00 bits per heavy atom. The average Bonchev–Trinajstić information content (AvgIpc) is 2.47. The minimum Gasteiger partial charge on any atom is -0.497 e. The molecule has 0 aliphatic carbocycles. The van der Waals surface area contributed by atoms with Crippen molar-refractivity contribution in [2.75, 3.05) is 13.7 Å². The fraction of sp³-hybridized carbons (Fsp3) is 0.188. The first-order valence-corrected chi connectivity index (χ1v) is 6.73. The van der Waals surface area contributed by atoms with E-state index in [1.807, 2.05) is 30.3 Å². The molecule has 1 N–H and O–H groups in total. The minimum atomic E-state index is -0.106. The topological polar surface area (TPSA) is 38.3 Å². The van der Waals surface area contributed by atoms with Crippen LogP contribution < -0.4 is 10.1 Å². The van der Waals surface area contributed by atoms with Crippen LogP contribution in [0.25, 0.3) is 0 Å². The standard InChI is InChI=1S/C16H16ClNO2/c1-20-15-7-3-5-13(11-15)16(19)18-9-8-12-4-2-6-14(17)10-12/h2-7,10-11H,8-9H2,1H3,(H,18,19). The fourth-order valence-corrected chi connectivity index (χ4v) is 2.09. The zero-order valence-corrected chi connectivity index (χ0v) is 12.0. The van der Waals surface area contributed by atoms with E-state index in [0.717, 1.165) is 12.0 Å². The molecular formula is C16H16ClNO2.